The quantitative estimate of drug-likeness (QED) is 0.865. The lowest BCUT2D eigenvalue weighted by molar-refractivity contribution is -0.123. The number of ether oxygens (including phenoxy) is 1. The highest BCUT2D eigenvalue weighted by Crippen LogP contribution is 2.29. The summed E-state index contributed by atoms with van der Waals surface area (Å²) in [5.74, 6) is 0.636. The smallest absolute Gasteiger partial charge is 0.258 e. The minimum atomic E-state index is -0.0766. The van der Waals surface area contributed by atoms with Crippen molar-refractivity contribution in [2.24, 2.45) is 0 Å². The van der Waals surface area contributed by atoms with Crippen LogP contribution in [0.4, 0.5) is 0 Å². The number of amides is 1. The molecule has 0 radical (unpaired) electrons. The van der Waals surface area contributed by atoms with Crippen LogP contribution in [0.5, 0.6) is 5.75 Å². The summed E-state index contributed by atoms with van der Waals surface area (Å²) >= 11 is 3.46. The molecule has 3 nitrogen and oxygen atoms in total. The van der Waals surface area contributed by atoms with Gasteiger partial charge in [-0.25, -0.2) is 0 Å². The molecule has 0 aliphatic heterocycles. The zero-order valence-electron chi connectivity index (χ0n) is 13.1. The van der Waals surface area contributed by atoms with Crippen LogP contribution < -0.4 is 10.1 Å². The summed E-state index contributed by atoms with van der Waals surface area (Å²) in [4.78, 5) is 12.2. The molecule has 0 bridgehead atoms. The predicted octanol–water partition coefficient (Wildman–Crippen LogP) is 4.33. The van der Waals surface area contributed by atoms with E-state index in [1.807, 2.05) is 31.2 Å². The maximum absolute atomic E-state index is 12.2. The fraction of sp³-hybridized carbons (Fsp3) is 0.316. The van der Waals surface area contributed by atoms with Gasteiger partial charge in [-0.3, -0.25) is 4.79 Å². The Morgan fingerprint density at radius 2 is 2.13 bits per heavy atom. The SMILES string of the molecule is Cc1cc(OCC(=O)N[C@H]2CCCc3ccccc32)ccc1Br. The molecule has 0 saturated heterocycles. The van der Waals surface area contributed by atoms with E-state index >= 15 is 0 Å². The summed E-state index contributed by atoms with van der Waals surface area (Å²) < 4.78 is 6.64. The van der Waals surface area contributed by atoms with Crippen LogP contribution in [0.3, 0.4) is 0 Å². The Kier molecular flexibility index (Phi) is 5.01. The molecule has 0 saturated carbocycles. The van der Waals surface area contributed by atoms with E-state index in [2.05, 4.69) is 39.4 Å². The van der Waals surface area contributed by atoms with Crippen molar-refractivity contribution >= 4 is 21.8 Å². The topological polar surface area (TPSA) is 38.3 Å². The molecule has 1 N–H and O–H groups in total. The van der Waals surface area contributed by atoms with Crippen LogP contribution in [0.1, 0.15) is 35.6 Å². The second-order valence-electron chi connectivity index (χ2n) is 5.91. The highest BCUT2D eigenvalue weighted by molar-refractivity contribution is 9.10. The van der Waals surface area contributed by atoms with Crippen molar-refractivity contribution in [3.8, 4) is 5.75 Å². The van der Waals surface area contributed by atoms with Crippen LogP contribution in [0.25, 0.3) is 0 Å². The molecule has 120 valence electrons. The molecule has 0 fully saturated rings. The normalized spacial score (nSPS) is 16.5. The number of carbonyl (C=O) groups is 1. The number of fused-ring (bicyclic) bond motifs is 1. The van der Waals surface area contributed by atoms with Gasteiger partial charge in [-0.15, -0.1) is 0 Å². The van der Waals surface area contributed by atoms with Crippen LogP contribution in [0.2, 0.25) is 0 Å². The molecule has 3 rings (SSSR count). The average molecular weight is 374 g/mol. The van der Waals surface area contributed by atoms with Crippen molar-refractivity contribution in [1.82, 2.24) is 5.32 Å². The summed E-state index contributed by atoms with van der Waals surface area (Å²) in [7, 11) is 0. The Morgan fingerprint density at radius 3 is 2.96 bits per heavy atom. The summed E-state index contributed by atoms with van der Waals surface area (Å²) in [5.41, 5.74) is 3.67. The second-order valence-corrected chi connectivity index (χ2v) is 6.77. The molecule has 2 aromatic rings. The standard InChI is InChI=1S/C19H20BrNO2/c1-13-11-15(9-10-17(13)20)23-12-19(22)21-18-8-4-6-14-5-2-3-7-16(14)18/h2-3,5,7,9-11,18H,4,6,8,12H2,1H3,(H,21,22)/t18-/m0/s1. The van der Waals surface area contributed by atoms with Gasteiger partial charge in [0, 0.05) is 4.47 Å². The highest BCUT2D eigenvalue weighted by Gasteiger charge is 2.21. The Hall–Kier alpha value is -1.81. The van der Waals surface area contributed by atoms with Gasteiger partial charge >= 0.3 is 0 Å². The first kappa shape index (κ1) is 16.1. The van der Waals surface area contributed by atoms with Crippen LogP contribution in [0, 0.1) is 6.92 Å². The largest absolute Gasteiger partial charge is 0.484 e. The molecule has 1 aliphatic carbocycles. The third kappa shape index (κ3) is 3.94. The van der Waals surface area contributed by atoms with Crippen LogP contribution >= 0.6 is 15.9 Å². The fourth-order valence-corrected chi connectivity index (χ4v) is 3.24. The van der Waals surface area contributed by atoms with Gasteiger partial charge in [0.15, 0.2) is 6.61 Å². The summed E-state index contributed by atoms with van der Waals surface area (Å²) in [6, 6.07) is 14.2. The van der Waals surface area contributed by atoms with Gasteiger partial charge in [0.25, 0.3) is 5.91 Å². The molecule has 1 atom stereocenters. The molecule has 0 aromatic heterocycles. The number of rotatable bonds is 4. The first-order valence-electron chi connectivity index (χ1n) is 7.89. The third-order valence-corrected chi connectivity index (χ3v) is 5.09. The Morgan fingerprint density at radius 1 is 1.30 bits per heavy atom. The van der Waals surface area contributed by atoms with E-state index in [0.29, 0.717) is 5.75 Å². The van der Waals surface area contributed by atoms with Crippen molar-refractivity contribution in [2.75, 3.05) is 6.61 Å². The van der Waals surface area contributed by atoms with E-state index in [-0.39, 0.29) is 18.6 Å². The van der Waals surface area contributed by atoms with Crippen molar-refractivity contribution < 1.29 is 9.53 Å². The summed E-state index contributed by atoms with van der Waals surface area (Å²) in [6.45, 7) is 2.04. The molecule has 0 spiro atoms. The van der Waals surface area contributed by atoms with E-state index in [0.717, 1.165) is 29.3 Å². The van der Waals surface area contributed by atoms with Crippen molar-refractivity contribution in [3.63, 3.8) is 0 Å². The zero-order chi connectivity index (χ0) is 16.2. The number of hydrogen-bond donors (Lipinski definition) is 1. The first-order valence-corrected chi connectivity index (χ1v) is 8.69. The molecule has 23 heavy (non-hydrogen) atoms. The van der Waals surface area contributed by atoms with Gasteiger partial charge in [0.05, 0.1) is 6.04 Å². The maximum Gasteiger partial charge on any atom is 0.258 e. The van der Waals surface area contributed by atoms with E-state index in [4.69, 9.17) is 4.74 Å². The minimum Gasteiger partial charge on any atom is -0.484 e. The van der Waals surface area contributed by atoms with Gasteiger partial charge in [0.1, 0.15) is 5.75 Å². The lowest BCUT2D eigenvalue weighted by Crippen LogP contribution is -2.34. The van der Waals surface area contributed by atoms with Crippen molar-refractivity contribution in [3.05, 3.63) is 63.6 Å². The predicted molar refractivity (Wildman–Crippen MR) is 94.6 cm³/mol. The van der Waals surface area contributed by atoms with Crippen LogP contribution in [0.15, 0.2) is 46.9 Å². The van der Waals surface area contributed by atoms with Crippen LogP contribution in [-0.4, -0.2) is 12.5 Å². The molecular formula is C19H20BrNO2. The van der Waals surface area contributed by atoms with Gasteiger partial charge < -0.3 is 10.1 Å². The van der Waals surface area contributed by atoms with Gasteiger partial charge in [-0.2, -0.15) is 0 Å². The summed E-state index contributed by atoms with van der Waals surface area (Å²) in [5, 5.41) is 3.10. The monoisotopic (exact) mass is 373 g/mol. The van der Waals surface area contributed by atoms with Gasteiger partial charge in [-0.1, -0.05) is 40.2 Å². The second kappa shape index (κ2) is 7.18. The lowest BCUT2D eigenvalue weighted by Gasteiger charge is -2.26. The number of carbonyl (C=O) groups excluding carboxylic acids is 1. The highest BCUT2D eigenvalue weighted by atomic mass is 79.9. The van der Waals surface area contributed by atoms with Gasteiger partial charge in [0.2, 0.25) is 0 Å². The maximum atomic E-state index is 12.2. The fourth-order valence-electron chi connectivity index (χ4n) is 3.00. The van der Waals surface area contributed by atoms with E-state index in [1.165, 1.54) is 11.1 Å². The van der Waals surface area contributed by atoms with Crippen molar-refractivity contribution in [1.29, 1.82) is 0 Å². The van der Waals surface area contributed by atoms with Gasteiger partial charge in [-0.05, 0) is 61.1 Å². The van der Waals surface area contributed by atoms with E-state index in [1.54, 1.807) is 0 Å². The zero-order valence-corrected chi connectivity index (χ0v) is 14.7. The van der Waals surface area contributed by atoms with Crippen LogP contribution in [-0.2, 0) is 11.2 Å². The van der Waals surface area contributed by atoms with Crippen molar-refractivity contribution in [2.45, 2.75) is 32.2 Å². The minimum absolute atomic E-state index is 0.0414. The number of benzene rings is 2. The average Bonchev–Trinajstić information content (AvgIpc) is 2.56. The summed E-state index contributed by atoms with van der Waals surface area (Å²) in [6.07, 6.45) is 3.19. The molecule has 0 heterocycles. The van der Waals surface area contributed by atoms with E-state index < -0.39 is 0 Å². The molecule has 0 unspecified atom stereocenters. The Bertz CT molecular complexity index is 714. The molecular weight excluding hydrogens is 354 g/mol. The molecule has 4 heteroatoms. The first-order chi connectivity index (χ1) is 11.1. The third-order valence-electron chi connectivity index (χ3n) is 4.20. The lowest BCUT2D eigenvalue weighted by atomic mass is 9.88. The number of aryl methyl sites for hydroxylation is 2. The molecule has 1 amide bonds. The number of halogens is 1. The number of nitrogens with one attached hydrogen (secondary N) is 1. The van der Waals surface area contributed by atoms with E-state index in [9.17, 15) is 4.79 Å². The molecule has 1 aliphatic rings. The Balaban J connectivity index is 1.59. The number of hydrogen-bond acceptors (Lipinski definition) is 2. The molecule has 2 aromatic carbocycles. The Labute approximate surface area is 145 Å².